The van der Waals surface area contributed by atoms with E-state index in [-0.39, 0.29) is 5.92 Å². The van der Waals surface area contributed by atoms with E-state index in [4.69, 9.17) is 18.9 Å². The zero-order valence-electron chi connectivity index (χ0n) is 19.4. The predicted molar refractivity (Wildman–Crippen MR) is 112 cm³/mol. The molecule has 0 amide bonds. The molecule has 1 spiro atoms. The Labute approximate surface area is 187 Å². The van der Waals surface area contributed by atoms with Gasteiger partial charge in [-0.05, 0) is 38.8 Å². The molecule has 0 saturated carbocycles. The molecule has 2 aliphatic carbocycles. The van der Waals surface area contributed by atoms with Crippen LogP contribution in [0.15, 0.2) is 23.8 Å². The van der Waals surface area contributed by atoms with E-state index in [1.165, 1.54) is 13.8 Å². The largest absolute Gasteiger partial charge is 0.462 e. The number of ether oxygens (including phenoxy) is 4. The molecule has 9 unspecified atom stereocenters. The molecule has 1 N–H and O–H groups in total. The quantitative estimate of drug-likeness (QED) is 0.296. The van der Waals surface area contributed by atoms with E-state index in [1.54, 1.807) is 13.0 Å². The van der Waals surface area contributed by atoms with Crippen molar-refractivity contribution >= 4 is 17.9 Å². The smallest absolute Gasteiger partial charge is 0.342 e. The van der Waals surface area contributed by atoms with E-state index in [2.05, 4.69) is 0 Å². The number of allylic oxidation sites excluding steroid dienone is 1. The van der Waals surface area contributed by atoms with E-state index in [0.29, 0.717) is 12.8 Å². The van der Waals surface area contributed by atoms with Gasteiger partial charge in [0.2, 0.25) is 0 Å². The highest BCUT2D eigenvalue weighted by Gasteiger charge is 2.85. The standard InChI is InChI=1S/C24H32O8/c1-12-7-8-17(30-15(4)26)22(5)10-9-16(29-14(3)25)13(2)19(22)20(27)24-18(11-12)31-21(28)23(24,6)32-24/h9-11,13,16-20,27H,7-8H2,1-6H3. The number of aliphatic hydroxyl groups excluding tert-OH is 1. The molecule has 2 aliphatic heterocycles. The predicted octanol–water partition coefficient (Wildman–Crippen LogP) is 2.23. The van der Waals surface area contributed by atoms with Crippen LogP contribution < -0.4 is 0 Å². The summed E-state index contributed by atoms with van der Waals surface area (Å²) in [6, 6.07) is 0. The van der Waals surface area contributed by atoms with E-state index in [9.17, 15) is 19.5 Å². The first-order valence-corrected chi connectivity index (χ1v) is 11.2. The maximum absolute atomic E-state index is 12.6. The minimum atomic E-state index is -1.26. The third-order valence-electron chi connectivity index (χ3n) is 7.89. The second-order valence-corrected chi connectivity index (χ2v) is 10.0. The van der Waals surface area contributed by atoms with Crippen LogP contribution >= 0.6 is 0 Å². The second-order valence-electron chi connectivity index (χ2n) is 10.0. The van der Waals surface area contributed by atoms with Gasteiger partial charge in [0.25, 0.3) is 0 Å². The molecule has 8 heteroatoms. The summed E-state index contributed by atoms with van der Waals surface area (Å²) in [5.41, 5.74) is -2.35. The number of hydrogen-bond acceptors (Lipinski definition) is 8. The summed E-state index contributed by atoms with van der Waals surface area (Å²) in [7, 11) is 0. The van der Waals surface area contributed by atoms with Crippen molar-refractivity contribution in [2.45, 2.75) is 90.0 Å². The minimum Gasteiger partial charge on any atom is -0.462 e. The summed E-state index contributed by atoms with van der Waals surface area (Å²) >= 11 is 0. The maximum atomic E-state index is 12.6. The number of epoxide rings is 1. The molecule has 4 aliphatic rings. The van der Waals surface area contributed by atoms with Gasteiger partial charge in [-0.1, -0.05) is 25.5 Å². The number of aliphatic hydroxyl groups is 1. The lowest BCUT2D eigenvalue weighted by molar-refractivity contribution is -0.171. The van der Waals surface area contributed by atoms with Gasteiger partial charge in [0.05, 0.1) is 6.10 Å². The normalized spacial score (nSPS) is 47.2. The molecule has 0 radical (unpaired) electrons. The molecular weight excluding hydrogens is 416 g/mol. The Bertz CT molecular complexity index is 908. The molecular formula is C24H32O8. The van der Waals surface area contributed by atoms with Crippen LogP contribution in [-0.4, -0.2) is 58.6 Å². The SMILES string of the molecule is CC(=O)OC1C=CC2(C)C(OC(C)=O)CCC(C)=CC3OC(=O)C4(C)OC34C(O)C2C1C. The Hall–Kier alpha value is -2.19. The molecule has 8 nitrogen and oxygen atoms in total. The van der Waals surface area contributed by atoms with Crippen LogP contribution in [0.1, 0.15) is 54.4 Å². The van der Waals surface area contributed by atoms with Gasteiger partial charge in [0.1, 0.15) is 12.2 Å². The summed E-state index contributed by atoms with van der Waals surface area (Å²) in [4.78, 5) is 36.4. The van der Waals surface area contributed by atoms with Crippen LogP contribution in [0.25, 0.3) is 0 Å². The van der Waals surface area contributed by atoms with Crippen molar-refractivity contribution in [2.75, 3.05) is 0 Å². The molecule has 0 aromatic rings. The Morgan fingerprint density at radius 1 is 1.19 bits per heavy atom. The Kier molecular flexibility index (Phi) is 5.33. The highest BCUT2D eigenvalue weighted by atomic mass is 16.7. The lowest BCUT2D eigenvalue weighted by atomic mass is 9.57. The average Bonchev–Trinajstić information content (AvgIpc) is 3.28. The van der Waals surface area contributed by atoms with Gasteiger partial charge >= 0.3 is 17.9 Å². The lowest BCUT2D eigenvalue weighted by Gasteiger charge is -2.51. The van der Waals surface area contributed by atoms with Gasteiger partial charge < -0.3 is 24.1 Å². The molecule has 0 aromatic heterocycles. The first-order chi connectivity index (χ1) is 14.9. The number of rotatable bonds is 2. The number of fused-ring (bicyclic) bond motifs is 1. The first kappa shape index (κ1) is 23.0. The molecule has 2 heterocycles. The summed E-state index contributed by atoms with van der Waals surface area (Å²) in [5.74, 6) is -2.23. The average molecular weight is 449 g/mol. The fourth-order valence-electron chi connectivity index (χ4n) is 6.14. The summed E-state index contributed by atoms with van der Waals surface area (Å²) < 4.78 is 22.9. The van der Waals surface area contributed by atoms with E-state index in [1.807, 2.05) is 32.9 Å². The van der Waals surface area contributed by atoms with E-state index >= 15 is 0 Å². The number of hydrogen-bond donors (Lipinski definition) is 1. The van der Waals surface area contributed by atoms with Crippen molar-refractivity contribution in [2.24, 2.45) is 17.3 Å². The van der Waals surface area contributed by atoms with Gasteiger partial charge in [0.15, 0.2) is 17.3 Å². The molecule has 4 rings (SSSR count). The lowest BCUT2D eigenvalue weighted by Crippen LogP contribution is -2.59. The van der Waals surface area contributed by atoms with Crippen LogP contribution in [0.2, 0.25) is 0 Å². The second kappa shape index (κ2) is 7.42. The van der Waals surface area contributed by atoms with Crippen molar-refractivity contribution in [3.05, 3.63) is 23.8 Å². The van der Waals surface area contributed by atoms with Gasteiger partial charge in [-0.15, -0.1) is 0 Å². The highest BCUT2D eigenvalue weighted by Crippen LogP contribution is 2.64. The van der Waals surface area contributed by atoms with Gasteiger partial charge in [-0.2, -0.15) is 0 Å². The van der Waals surface area contributed by atoms with Crippen LogP contribution in [0, 0.1) is 17.3 Å². The van der Waals surface area contributed by atoms with E-state index < -0.39 is 64.9 Å². The van der Waals surface area contributed by atoms with E-state index in [0.717, 1.165) is 5.57 Å². The number of carbonyl (C=O) groups is 3. The summed E-state index contributed by atoms with van der Waals surface area (Å²) in [6.45, 7) is 10.1. The Balaban J connectivity index is 1.86. The highest BCUT2D eigenvalue weighted by molar-refractivity contribution is 5.88. The van der Waals surface area contributed by atoms with Crippen molar-refractivity contribution in [1.29, 1.82) is 0 Å². The number of carbonyl (C=O) groups excluding carboxylic acids is 3. The van der Waals surface area contributed by atoms with Gasteiger partial charge in [-0.25, -0.2) is 4.79 Å². The summed E-state index contributed by atoms with van der Waals surface area (Å²) in [6.07, 6.45) is 3.69. The molecule has 0 bridgehead atoms. The topological polar surface area (TPSA) is 112 Å². The molecule has 2 saturated heterocycles. The Morgan fingerprint density at radius 3 is 2.44 bits per heavy atom. The molecule has 32 heavy (non-hydrogen) atoms. The van der Waals surface area contributed by atoms with Crippen LogP contribution in [0.3, 0.4) is 0 Å². The third kappa shape index (κ3) is 3.14. The third-order valence-corrected chi connectivity index (χ3v) is 7.89. The van der Waals surface area contributed by atoms with Crippen molar-refractivity contribution in [1.82, 2.24) is 0 Å². The van der Waals surface area contributed by atoms with Gasteiger partial charge in [0, 0.05) is 31.1 Å². The zero-order valence-corrected chi connectivity index (χ0v) is 19.4. The summed E-state index contributed by atoms with van der Waals surface area (Å²) in [5, 5.41) is 11.9. The van der Waals surface area contributed by atoms with Crippen molar-refractivity contribution in [3.8, 4) is 0 Å². The zero-order chi connectivity index (χ0) is 23.6. The molecule has 2 fully saturated rings. The maximum Gasteiger partial charge on any atom is 0.342 e. The molecule has 0 aromatic carbocycles. The minimum absolute atomic E-state index is 0.342. The van der Waals surface area contributed by atoms with Crippen molar-refractivity contribution < 1.29 is 38.4 Å². The first-order valence-electron chi connectivity index (χ1n) is 11.2. The molecule has 9 atom stereocenters. The monoisotopic (exact) mass is 448 g/mol. The van der Waals surface area contributed by atoms with Crippen LogP contribution in [-0.2, 0) is 33.3 Å². The van der Waals surface area contributed by atoms with Crippen LogP contribution in [0.5, 0.6) is 0 Å². The molecule has 176 valence electrons. The fourth-order valence-corrected chi connectivity index (χ4v) is 6.14. The Morgan fingerprint density at radius 2 is 1.84 bits per heavy atom. The number of esters is 3. The fraction of sp³-hybridized carbons (Fsp3) is 0.708. The van der Waals surface area contributed by atoms with Gasteiger partial charge in [-0.3, -0.25) is 9.59 Å². The van der Waals surface area contributed by atoms with Crippen LogP contribution in [0.4, 0.5) is 0 Å². The van der Waals surface area contributed by atoms with Crippen molar-refractivity contribution in [3.63, 3.8) is 0 Å².